The molecule has 0 saturated carbocycles. The number of rotatable bonds is 2. The van der Waals surface area contributed by atoms with Gasteiger partial charge in [0.2, 0.25) is 0 Å². The molecule has 0 bridgehead atoms. The normalized spacial score (nSPS) is 20.2. The van der Waals surface area contributed by atoms with Crippen molar-refractivity contribution in [1.82, 2.24) is 15.3 Å². The van der Waals surface area contributed by atoms with E-state index >= 15 is 0 Å². The second kappa shape index (κ2) is 5.53. The molecule has 2 heterocycles. The highest BCUT2D eigenvalue weighted by Gasteiger charge is 2.16. The van der Waals surface area contributed by atoms with Crippen molar-refractivity contribution < 1.29 is 4.39 Å². The maximum absolute atomic E-state index is 13.2. The largest absolute Gasteiger partial charge is 0.341 e. The van der Waals surface area contributed by atoms with E-state index in [0.29, 0.717) is 6.04 Å². The molecule has 1 fully saturated rings. The number of aromatic amines is 1. The van der Waals surface area contributed by atoms with Gasteiger partial charge in [-0.15, -0.1) is 0 Å². The van der Waals surface area contributed by atoms with Gasteiger partial charge in [-0.3, -0.25) is 0 Å². The summed E-state index contributed by atoms with van der Waals surface area (Å²) < 4.78 is 13.2. The molecule has 3 rings (SSSR count). The second-order valence-corrected chi connectivity index (χ2v) is 5.05. The van der Waals surface area contributed by atoms with Crippen molar-refractivity contribution >= 4 is 0 Å². The summed E-state index contributed by atoms with van der Waals surface area (Å²) >= 11 is 0. The summed E-state index contributed by atoms with van der Waals surface area (Å²) in [5.74, 6) is 0.738. The molecule has 1 unspecified atom stereocenters. The fraction of sp³-hybridized carbons (Fsp3) is 0.400. The molecule has 1 aliphatic heterocycles. The molecule has 0 amide bonds. The molecule has 0 radical (unpaired) electrons. The lowest BCUT2D eigenvalue weighted by Crippen LogP contribution is -2.21. The summed E-state index contributed by atoms with van der Waals surface area (Å²) in [4.78, 5) is 7.76. The number of hydrogen-bond donors (Lipinski definition) is 2. The number of nitrogens with zero attached hydrogens (tertiary/aromatic N) is 1. The van der Waals surface area contributed by atoms with Crippen LogP contribution in [0.1, 0.15) is 37.5 Å². The Balaban J connectivity index is 1.82. The first kappa shape index (κ1) is 12.4. The Morgan fingerprint density at radius 3 is 3.05 bits per heavy atom. The zero-order chi connectivity index (χ0) is 13.1. The molecule has 1 saturated heterocycles. The van der Waals surface area contributed by atoms with Gasteiger partial charge in [-0.1, -0.05) is 25.0 Å². The van der Waals surface area contributed by atoms with Crippen LogP contribution in [-0.4, -0.2) is 16.5 Å². The molecule has 1 atom stereocenters. The maximum atomic E-state index is 13.2. The van der Waals surface area contributed by atoms with Crippen molar-refractivity contribution in [3.05, 3.63) is 42.1 Å². The second-order valence-electron chi connectivity index (χ2n) is 5.05. The minimum Gasteiger partial charge on any atom is -0.341 e. The van der Waals surface area contributed by atoms with E-state index in [2.05, 4.69) is 15.3 Å². The van der Waals surface area contributed by atoms with E-state index in [1.54, 1.807) is 12.3 Å². The van der Waals surface area contributed by atoms with Crippen LogP contribution in [0.4, 0.5) is 4.39 Å². The Morgan fingerprint density at radius 1 is 1.21 bits per heavy atom. The predicted molar refractivity (Wildman–Crippen MR) is 73.2 cm³/mol. The molecule has 1 aromatic carbocycles. The average Bonchev–Trinajstić information content (AvgIpc) is 2.75. The molecule has 2 aromatic rings. The van der Waals surface area contributed by atoms with Gasteiger partial charge in [-0.05, 0) is 31.5 Å². The Bertz CT molecular complexity index is 542. The van der Waals surface area contributed by atoms with E-state index < -0.39 is 0 Å². The van der Waals surface area contributed by atoms with Crippen molar-refractivity contribution in [1.29, 1.82) is 0 Å². The van der Waals surface area contributed by atoms with Crippen LogP contribution in [0.5, 0.6) is 0 Å². The molecular formula is C15H18FN3. The lowest BCUT2D eigenvalue weighted by atomic mass is 10.1. The number of benzene rings is 1. The number of aromatic nitrogens is 2. The van der Waals surface area contributed by atoms with Crippen molar-refractivity contribution in [2.75, 3.05) is 6.54 Å². The Labute approximate surface area is 112 Å². The highest BCUT2D eigenvalue weighted by atomic mass is 19.1. The van der Waals surface area contributed by atoms with Crippen LogP contribution in [0.25, 0.3) is 11.3 Å². The van der Waals surface area contributed by atoms with Gasteiger partial charge in [-0.25, -0.2) is 9.37 Å². The van der Waals surface area contributed by atoms with Gasteiger partial charge in [-0.2, -0.15) is 0 Å². The number of halogens is 1. The van der Waals surface area contributed by atoms with Crippen LogP contribution in [0.15, 0.2) is 30.5 Å². The smallest absolute Gasteiger partial charge is 0.123 e. The highest BCUT2D eigenvalue weighted by molar-refractivity contribution is 5.58. The van der Waals surface area contributed by atoms with Gasteiger partial charge >= 0.3 is 0 Å². The summed E-state index contributed by atoms with van der Waals surface area (Å²) in [6.07, 6.45) is 6.63. The Morgan fingerprint density at radius 2 is 2.16 bits per heavy atom. The Hall–Kier alpha value is -1.68. The van der Waals surface area contributed by atoms with Crippen molar-refractivity contribution in [2.45, 2.75) is 31.7 Å². The van der Waals surface area contributed by atoms with Crippen molar-refractivity contribution in [3.63, 3.8) is 0 Å². The van der Waals surface area contributed by atoms with Gasteiger partial charge in [0, 0.05) is 5.56 Å². The summed E-state index contributed by atoms with van der Waals surface area (Å²) in [5, 5.41) is 3.51. The summed E-state index contributed by atoms with van der Waals surface area (Å²) in [5.41, 5.74) is 1.72. The molecule has 0 aliphatic carbocycles. The average molecular weight is 259 g/mol. The molecule has 2 N–H and O–H groups in total. The standard InChI is InChI=1S/C15H18FN3/c16-12-6-4-5-11(9-12)14-10-18-15(19-14)13-7-2-1-3-8-17-13/h4-6,9-10,13,17H,1-3,7-8H2,(H,18,19). The first-order chi connectivity index (χ1) is 9.33. The van der Waals surface area contributed by atoms with Crippen LogP contribution in [-0.2, 0) is 0 Å². The van der Waals surface area contributed by atoms with Crippen LogP contribution in [0.3, 0.4) is 0 Å². The third kappa shape index (κ3) is 2.84. The third-order valence-electron chi connectivity index (χ3n) is 3.62. The zero-order valence-corrected chi connectivity index (χ0v) is 10.8. The van der Waals surface area contributed by atoms with Crippen molar-refractivity contribution in [2.24, 2.45) is 0 Å². The summed E-state index contributed by atoms with van der Waals surface area (Å²) in [6.45, 7) is 1.04. The fourth-order valence-corrected chi connectivity index (χ4v) is 2.58. The first-order valence-corrected chi connectivity index (χ1v) is 6.87. The molecule has 100 valence electrons. The minimum atomic E-state index is -0.221. The minimum absolute atomic E-state index is 0.221. The van der Waals surface area contributed by atoms with Gasteiger partial charge in [0.25, 0.3) is 0 Å². The van der Waals surface area contributed by atoms with Gasteiger partial charge in [0.05, 0.1) is 17.9 Å². The van der Waals surface area contributed by atoms with E-state index in [4.69, 9.17) is 0 Å². The molecule has 4 heteroatoms. The van der Waals surface area contributed by atoms with Crippen LogP contribution < -0.4 is 5.32 Å². The fourth-order valence-electron chi connectivity index (χ4n) is 2.58. The van der Waals surface area contributed by atoms with Crippen LogP contribution >= 0.6 is 0 Å². The summed E-state index contributed by atoms with van der Waals surface area (Å²) in [6, 6.07) is 6.88. The van der Waals surface area contributed by atoms with E-state index in [1.165, 1.54) is 31.4 Å². The van der Waals surface area contributed by atoms with Crippen LogP contribution in [0, 0.1) is 5.82 Å². The third-order valence-corrected chi connectivity index (χ3v) is 3.62. The van der Waals surface area contributed by atoms with E-state index in [-0.39, 0.29) is 5.82 Å². The lowest BCUT2D eigenvalue weighted by molar-refractivity contribution is 0.512. The quantitative estimate of drug-likeness (QED) is 0.867. The lowest BCUT2D eigenvalue weighted by Gasteiger charge is -2.12. The maximum Gasteiger partial charge on any atom is 0.123 e. The zero-order valence-electron chi connectivity index (χ0n) is 10.8. The first-order valence-electron chi connectivity index (χ1n) is 6.87. The van der Waals surface area contributed by atoms with Crippen molar-refractivity contribution in [3.8, 4) is 11.3 Å². The number of nitrogens with one attached hydrogen (secondary N) is 2. The molecular weight excluding hydrogens is 241 g/mol. The SMILES string of the molecule is Fc1cccc(-c2cnc(C3CCCCCN3)[nH]2)c1. The van der Waals surface area contributed by atoms with E-state index in [9.17, 15) is 4.39 Å². The van der Waals surface area contributed by atoms with Gasteiger partial charge in [0.15, 0.2) is 0 Å². The highest BCUT2D eigenvalue weighted by Crippen LogP contribution is 2.24. The van der Waals surface area contributed by atoms with Crippen LogP contribution in [0.2, 0.25) is 0 Å². The van der Waals surface area contributed by atoms with Gasteiger partial charge < -0.3 is 10.3 Å². The number of H-pyrrole nitrogens is 1. The monoisotopic (exact) mass is 259 g/mol. The number of hydrogen-bond acceptors (Lipinski definition) is 2. The molecule has 3 nitrogen and oxygen atoms in total. The number of imidazole rings is 1. The van der Waals surface area contributed by atoms with Gasteiger partial charge in [0.1, 0.15) is 11.6 Å². The molecule has 19 heavy (non-hydrogen) atoms. The predicted octanol–water partition coefficient (Wildman–Crippen LogP) is 3.42. The molecule has 1 aromatic heterocycles. The van der Waals surface area contributed by atoms with E-state index in [0.717, 1.165) is 30.0 Å². The van der Waals surface area contributed by atoms with E-state index in [1.807, 2.05) is 6.07 Å². The molecule has 1 aliphatic rings. The Kier molecular flexibility index (Phi) is 3.60. The molecule has 0 spiro atoms. The summed E-state index contributed by atoms with van der Waals surface area (Å²) in [7, 11) is 0. The topological polar surface area (TPSA) is 40.7 Å².